The second kappa shape index (κ2) is 7.85. The average Bonchev–Trinajstić information content (AvgIpc) is 3.34. The number of rotatable bonds is 8. The zero-order valence-corrected chi connectivity index (χ0v) is 17.6. The number of fused-ring (bicyclic) bond motifs is 1. The Morgan fingerprint density at radius 3 is 2.79 bits per heavy atom. The molecule has 2 unspecified atom stereocenters. The van der Waals surface area contributed by atoms with Gasteiger partial charge < -0.3 is 19.6 Å². The number of hydrogen-bond acceptors (Lipinski definition) is 6. The van der Waals surface area contributed by atoms with E-state index in [1.165, 1.54) is 35.2 Å². The molecular weight excluding hydrogens is 352 g/mol. The summed E-state index contributed by atoms with van der Waals surface area (Å²) >= 11 is 0. The molecule has 28 heavy (non-hydrogen) atoms. The van der Waals surface area contributed by atoms with Crippen LogP contribution in [0.2, 0.25) is 0 Å². The highest BCUT2D eigenvalue weighted by atomic mass is 16.5. The molecule has 0 spiro atoms. The van der Waals surface area contributed by atoms with Crippen LogP contribution in [0.15, 0.2) is 16.7 Å². The molecule has 2 aliphatic rings. The van der Waals surface area contributed by atoms with Crippen molar-refractivity contribution < 1.29 is 9.26 Å². The SMILES string of the molecule is COCCCN1NC(C)c2c(-c3c(C)noc3C)cc(C(C)NC3CC3)cc21. The second-order valence-electron chi connectivity index (χ2n) is 8.21. The van der Waals surface area contributed by atoms with Crippen LogP contribution in [0.4, 0.5) is 5.69 Å². The molecule has 6 heteroatoms. The Hall–Kier alpha value is -1.89. The lowest BCUT2D eigenvalue weighted by Gasteiger charge is -2.22. The van der Waals surface area contributed by atoms with E-state index in [1.54, 1.807) is 7.11 Å². The second-order valence-corrected chi connectivity index (χ2v) is 8.21. The van der Waals surface area contributed by atoms with Gasteiger partial charge in [-0.25, -0.2) is 5.43 Å². The maximum atomic E-state index is 5.51. The summed E-state index contributed by atoms with van der Waals surface area (Å²) in [5.74, 6) is 0.879. The van der Waals surface area contributed by atoms with Crippen molar-refractivity contribution in [3.05, 3.63) is 34.7 Å². The van der Waals surface area contributed by atoms with Crippen LogP contribution >= 0.6 is 0 Å². The number of ether oxygens (including phenoxy) is 1. The molecule has 1 saturated carbocycles. The predicted molar refractivity (Wildman–Crippen MR) is 111 cm³/mol. The first-order chi connectivity index (χ1) is 13.5. The quantitative estimate of drug-likeness (QED) is 0.666. The maximum Gasteiger partial charge on any atom is 0.141 e. The van der Waals surface area contributed by atoms with Crippen LogP contribution in [0.1, 0.15) is 67.8 Å². The number of aryl methyl sites for hydroxylation is 2. The van der Waals surface area contributed by atoms with Crippen LogP contribution in [-0.4, -0.2) is 31.5 Å². The first-order valence-electron chi connectivity index (χ1n) is 10.4. The van der Waals surface area contributed by atoms with Crippen LogP contribution in [0.3, 0.4) is 0 Å². The van der Waals surface area contributed by atoms with Crippen molar-refractivity contribution >= 4 is 5.69 Å². The molecule has 152 valence electrons. The molecule has 1 aliphatic carbocycles. The predicted octanol–water partition coefficient (Wildman–Crippen LogP) is 4.19. The van der Waals surface area contributed by atoms with Crippen LogP contribution in [0.25, 0.3) is 11.1 Å². The number of aromatic nitrogens is 1. The van der Waals surface area contributed by atoms with E-state index in [0.29, 0.717) is 12.1 Å². The molecule has 2 aromatic rings. The summed E-state index contributed by atoms with van der Waals surface area (Å²) in [6.45, 7) is 10.2. The topological polar surface area (TPSA) is 62.6 Å². The van der Waals surface area contributed by atoms with Gasteiger partial charge in [0, 0.05) is 43.5 Å². The minimum absolute atomic E-state index is 0.238. The van der Waals surface area contributed by atoms with Crippen molar-refractivity contribution in [3.63, 3.8) is 0 Å². The van der Waals surface area contributed by atoms with Crippen molar-refractivity contribution in [2.45, 2.75) is 65.1 Å². The Morgan fingerprint density at radius 2 is 2.14 bits per heavy atom. The van der Waals surface area contributed by atoms with E-state index in [-0.39, 0.29) is 6.04 Å². The van der Waals surface area contributed by atoms with Gasteiger partial charge in [0.25, 0.3) is 0 Å². The fraction of sp³-hybridized carbons (Fsp3) is 0.591. The van der Waals surface area contributed by atoms with Gasteiger partial charge in [0.2, 0.25) is 0 Å². The van der Waals surface area contributed by atoms with Crippen molar-refractivity contribution in [2.75, 3.05) is 25.3 Å². The number of nitrogens with one attached hydrogen (secondary N) is 2. The van der Waals surface area contributed by atoms with E-state index >= 15 is 0 Å². The van der Waals surface area contributed by atoms with Gasteiger partial charge in [-0.1, -0.05) is 5.16 Å². The van der Waals surface area contributed by atoms with Gasteiger partial charge in [0.1, 0.15) is 5.76 Å². The molecule has 2 N–H and O–H groups in total. The summed E-state index contributed by atoms with van der Waals surface area (Å²) in [5.41, 5.74) is 10.9. The molecular formula is C22H32N4O2. The first kappa shape index (κ1) is 19.4. The first-order valence-corrected chi connectivity index (χ1v) is 10.4. The van der Waals surface area contributed by atoms with Gasteiger partial charge in [0.15, 0.2) is 0 Å². The Morgan fingerprint density at radius 1 is 1.36 bits per heavy atom. The van der Waals surface area contributed by atoms with Crippen molar-refractivity contribution in [3.8, 4) is 11.1 Å². The smallest absolute Gasteiger partial charge is 0.141 e. The molecule has 1 aromatic heterocycles. The van der Waals surface area contributed by atoms with E-state index < -0.39 is 0 Å². The van der Waals surface area contributed by atoms with Crippen LogP contribution < -0.4 is 15.8 Å². The lowest BCUT2D eigenvalue weighted by molar-refractivity contribution is 0.195. The maximum absolute atomic E-state index is 5.51. The zero-order valence-electron chi connectivity index (χ0n) is 17.6. The molecule has 2 atom stereocenters. The van der Waals surface area contributed by atoms with Gasteiger partial charge in [0.05, 0.1) is 17.4 Å². The summed E-state index contributed by atoms with van der Waals surface area (Å²) in [6.07, 6.45) is 3.55. The number of benzene rings is 1. The summed E-state index contributed by atoms with van der Waals surface area (Å²) in [5, 5.41) is 10.2. The molecule has 1 aromatic carbocycles. The summed E-state index contributed by atoms with van der Waals surface area (Å²) < 4.78 is 10.8. The van der Waals surface area contributed by atoms with Gasteiger partial charge in [-0.3, -0.25) is 0 Å². The molecule has 1 fully saturated rings. The molecule has 0 amide bonds. The van der Waals surface area contributed by atoms with Gasteiger partial charge >= 0.3 is 0 Å². The van der Waals surface area contributed by atoms with Crippen LogP contribution in [-0.2, 0) is 4.74 Å². The Bertz CT molecular complexity index is 824. The number of anilines is 1. The third kappa shape index (κ3) is 3.69. The van der Waals surface area contributed by atoms with E-state index in [9.17, 15) is 0 Å². The van der Waals surface area contributed by atoms with Gasteiger partial charge in [-0.15, -0.1) is 0 Å². The monoisotopic (exact) mass is 384 g/mol. The van der Waals surface area contributed by atoms with Crippen molar-refractivity contribution in [1.82, 2.24) is 15.9 Å². The lowest BCUT2D eigenvalue weighted by Crippen LogP contribution is -2.35. The number of methoxy groups -OCH3 is 1. The lowest BCUT2D eigenvalue weighted by atomic mass is 9.90. The largest absolute Gasteiger partial charge is 0.385 e. The Kier molecular flexibility index (Phi) is 5.45. The molecule has 6 nitrogen and oxygen atoms in total. The van der Waals surface area contributed by atoms with Crippen LogP contribution in [0.5, 0.6) is 0 Å². The fourth-order valence-corrected chi connectivity index (χ4v) is 4.28. The highest BCUT2D eigenvalue weighted by Crippen LogP contribution is 2.44. The highest BCUT2D eigenvalue weighted by Gasteiger charge is 2.32. The molecule has 0 radical (unpaired) electrons. The molecule has 2 heterocycles. The van der Waals surface area contributed by atoms with Crippen molar-refractivity contribution in [1.29, 1.82) is 0 Å². The third-order valence-electron chi connectivity index (χ3n) is 5.85. The van der Waals surface area contributed by atoms with E-state index in [2.05, 4.69) is 46.9 Å². The highest BCUT2D eigenvalue weighted by molar-refractivity contribution is 5.80. The van der Waals surface area contributed by atoms with Crippen molar-refractivity contribution in [2.24, 2.45) is 0 Å². The number of hydrazine groups is 1. The standard InChI is InChI=1S/C22H32N4O2/c1-13(23-18-7-8-18)17-11-19(21-15(3)25-28-16(21)4)22-14(2)24-26(20(22)12-17)9-6-10-27-5/h11-14,18,23-24H,6-10H2,1-5H3. The average molecular weight is 385 g/mol. The third-order valence-corrected chi connectivity index (χ3v) is 5.85. The normalized spacial score (nSPS) is 19.9. The Balaban J connectivity index is 1.78. The number of hydrogen-bond donors (Lipinski definition) is 2. The zero-order chi connectivity index (χ0) is 19.8. The fourth-order valence-electron chi connectivity index (χ4n) is 4.28. The summed E-state index contributed by atoms with van der Waals surface area (Å²) in [4.78, 5) is 0. The van der Waals surface area contributed by atoms with E-state index in [0.717, 1.165) is 36.6 Å². The Labute approximate surface area is 167 Å². The minimum Gasteiger partial charge on any atom is -0.385 e. The molecule has 0 saturated heterocycles. The summed E-state index contributed by atoms with van der Waals surface area (Å²) in [7, 11) is 1.76. The number of nitrogens with zero attached hydrogens (tertiary/aromatic N) is 2. The summed E-state index contributed by atoms with van der Waals surface area (Å²) in [6, 6.07) is 5.90. The molecule has 1 aliphatic heterocycles. The molecule has 0 bridgehead atoms. The van der Waals surface area contributed by atoms with Gasteiger partial charge in [-0.2, -0.15) is 0 Å². The van der Waals surface area contributed by atoms with E-state index in [1.807, 2.05) is 13.8 Å². The van der Waals surface area contributed by atoms with E-state index in [4.69, 9.17) is 9.26 Å². The molecule has 4 rings (SSSR count). The minimum atomic E-state index is 0.238. The van der Waals surface area contributed by atoms with Crippen LogP contribution in [0, 0.1) is 13.8 Å². The van der Waals surface area contributed by atoms with Gasteiger partial charge in [-0.05, 0) is 70.2 Å².